The SMILES string of the molecule is N#Cc1cc(I)c(O)c(I)c1.O=C(O)c1ccccc1. The van der Waals surface area contributed by atoms with E-state index in [0.717, 1.165) is 0 Å². The van der Waals surface area contributed by atoms with Crippen molar-refractivity contribution in [1.82, 2.24) is 0 Å². The van der Waals surface area contributed by atoms with Crippen molar-refractivity contribution in [3.63, 3.8) is 0 Å². The van der Waals surface area contributed by atoms with Crippen LogP contribution in [0.2, 0.25) is 0 Å². The Bertz CT molecular complexity index is 628. The molecule has 0 unspecified atom stereocenters. The minimum absolute atomic E-state index is 0.255. The van der Waals surface area contributed by atoms with Crippen LogP contribution in [0.15, 0.2) is 42.5 Å². The summed E-state index contributed by atoms with van der Waals surface area (Å²) in [5.74, 6) is -0.624. The molecule has 0 heterocycles. The predicted molar refractivity (Wildman–Crippen MR) is 91.7 cm³/mol. The number of hydrogen-bond acceptors (Lipinski definition) is 3. The summed E-state index contributed by atoms with van der Waals surface area (Å²) in [6.45, 7) is 0. The fourth-order valence-corrected chi connectivity index (χ4v) is 2.98. The molecule has 0 aliphatic heterocycles. The molecule has 0 radical (unpaired) electrons. The number of carboxylic acids is 1. The van der Waals surface area contributed by atoms with Gasteiger partial charge >= 0.3 is 5.97 Å². The quantitative estimate of drug-likeness (QED) is 0.592. The monoisotopic (exact) mass is 493 g/mol. The zero-order chi connectivity index (χ0) is 15.1. The Morgan fingerprint density at radius 1 is 1.10 bits per heavy atom. The van der Waals surface area contributed by atoms with E-state index in [-0.39, 0.29) is 5.75 Å². The van der Waals surface area contributed by atoms with Crippen LogP contribution >= 0.6 is 45.2 Å². The fourth-order valence-electron chi connectivity index (χ4n) is 1.21. The van der Waals surface area contributed by atoms with Crippen LogP contribution in [0.25, 0.3) is 0 Å². The molecule has 0 aliphatic carbocycles. The van der Waals surface area contributed by atoms with Crippen molar-refractivity contribution in [2.45, 2.75) is 0 Å². The highest BCUT2D eigenvalue weighted by Gasteiger charge is 2.04. The maximum absolute atomic E-state index is 10.2. The zero-order valence-electron chi connectivity index (χ0n) is 10.0. The normalized spacial score (nSPS) is 9.05. The summed E-state index contributed by atoms with van der Waals surface area (Å²) >= 11 is 3.99. The second kappa shape index (κ2) is 8.06. The van der Waals surface area contributed by atoms with E-state index in [1.807, 2.05) is 51.3 Å². The molecule has 2 N–H and O–H groups in total. The van der Waals surface area contributed by atoms with Crippen molar-refractivity contribution in [3.8, 4) is 11.8 Å². The highest BCUT2D eigenvalue weighted by molar-refractivity contribution is 14.1. The summed E-state index contributed by atoms with van der Waals surface area (Å²) in [4.78, 5) is 10.2. The Morgan fingerprint density at radius 2 is 1.60 bits per heavy atom. The van der Waals surface area contributed by atoms with Crippen LogP contribution in [0, 0.1) is 18.5 Å². The van der Waals surface area contributed by atoms with Gasteiger partial charge in [-0.2, -0.15) is 5.26 Å². The van der Waals surface area contributed by atoms with Gasteiger partial charge in [-0.15, -0.1) is 0 Å². The highest BCUT2D eigenvalue weighted by Crippen LogP contribution is 2.26. The van der Waals surface area contributed by atoms with Crippen LogP contribution < -0.4 is 0 Å². The summed E-state index contributed by atoms with van der Waals surface area (Å²) in [5, 5.41) is 26.2. The maximum atomic E-state index is 10.2. The molecule has 0 fully saturated rings. The number of nitriles is 1. The van der Waals surface area contributed by atoms with Gasteiger partial charge in [0.15, 0.2) is 0 Å². The Balaban J connectivity index is 0.000000204. The molecule has 0 bridgehead atoms. The summed E-state index contributed by atoms with van der Waals surface area (Å²) in [6.07, 6.45) is 0. The Morgan fingerprint density at radius 3 is 1.95 bits per heavy atom. The summed E-state index contributed by atoms with van der Waals surface area (Å²) < 4.78 is 1.43. The first-order valence-corrected chi connectivity index (χ1v) is 7.48. The topological polar surface area (TPSA) is 81.3 Å². The number of benzene rings is 2. The van der Waals surface area contributed by atoms with E-state index < -0.39 is 5.97 Å². The summed E-state index contributed by atoms with van der Waals surface area (Å²) in [7, 11) is 0. The number of nitrogens with zero attached hydrogens (tertiary/aromatic N) is 1. The van der Waals surface area contributed by atoms with Crippen LogP contribution in [0.3, 0.4) is 0 Å². The highest BCUT2D eigenvalue weighted by atomic mass is 127. The van der Waals surface area contributed by atoms with E-state index in [1.165, 1.54) is 0 Å². The van der Waals surface area contributed by atoms with Crippen molar-refractivity contribution < 1.29 is 15.0 Å². The van der Waals surface area contributed by atoms with Gasteiger partial charge in [-0.05, 0) is 69.4 Å². The number of phenols is 1. The van der Waals surface area contributed by atoms with Gasteiger partial charge in [-0.3, -0.25) is 0 Å². The zero-order valence-corrected chi connectivity index (χ0v) is 14.4. The third-order valence-corrected chi connectivity index (χ3v) is 3.81. The number of phenolic OH excluding ortho intramolecular Hbond substituents is 1. The van der Waals surface area contributed by atoms with Crippen molar-refractivity contribution in [2.75, 3.05) is 0 Å². The third-order valence-electron chi connectivity index (χ3n) is 2.17. The molecule has 2 aromatic carbocycles. The lowest BCUT2D eigenvalue weighted by Crippen LogP contribution is -1.93. The number of aromatic hydroxyl groups is 1. The van der Waals surface area contributed by atoms with E-state index in [1.54, 1.807) is 42.5 Å². The molecule has 2 rings (SSSR count). The van der Waals surface area contributed by atoms with Gasteiger partial charge in [0.2, 0.25) is 0 Å². The Hall–Kier alpha value is -1.34. The molecule has 0 atom stereocenters. The standard InChI is InChI=1S/C7H3I2NO.C7H6O2/c8-5-1-4(3-10)2-6(9)7(5)11;8-7(9)6-4-2-1-3-5-6/h1-2,11H;1-5H,(H,8,9). The summed E-state index contributed by atoms with van der Waals surface area (Å²) in [6, 6.07) is 13.6. The average Bonchev–Trinajstić information content (AvgIpc) is 2.45. The van der Waals surface area contributed by atoms with Gasteiger partial charge < -0.3 is 10.2 Å². The first-order valence-electron chi connectivity index (χ1n) is 5.32. The third kappa shape index (κ3) is 4.97. The van der Waals surface area contributed by atoms with E-state index >= 15 is 0 Å². The van der Waals surface area contributed by atoms with Gasteiger partial charge in [-0.1, -0.05) is 18.2 Å². The smallest absolute Gasteiger partial charge is 0.335 e. The number of rotatable bonds is 1. The number of aromatic carboxylic acids is 1. The second-order valence-electron chi connectivity index (χ2n) is 3.57. The predicted octanol–water partition coefficient (Wildman–Crippen LogP) is 3.86. The van der Waals surface area contributed by atoms with Gasteiger partial charge in [0.05, 0.1) is 24.3 Å². The van der Waals surface area contributed by atoms with E-state index in [0.29, 0.717) is 18.3 Å². The second-order valence-corrected chi connectivity index (χ2v) is 5.90. The molecule has 20 heavy (non-hydrogen) atoms. The molecule has 2 aromatic rings. The van der Waals surface area contributed by atoms with Gasteiger partial charge in [0.1, 0.15) is 5.75 Å². The minimum Gasteiger partial charge on any atom is -0.506 e. The van der Waals surface area contributed by atoms with Gasteiger partial charge in [-0.25, -0.2) is 4.79 Å². The lowest BCUT2D eigenvalue weighted by atomic mass is 10.2. The minimum atomic E-state index is -0.879. The number of hydrogen-bond donors (Lipinski definition) is 2. The van der Waals surface area contributed by atoms with Crippen molar-refractivity contribution in [3.05, 3.63) is 60.7 Å². The first-order chi connectivity index (χ1) is 9.45. The molecule has 0 saturated carbocycles. The Labute approximate surface area is 143 Å². The van der Waals surface area contributed by atoms with Crippen LogP contribution in [0.5, 0.6) is 5.75 Å². The molecule has 4 nitrogen and oxygen atoms in total. The lowest BCUT2D eigenvalue weighted by molar-refractivity contribution is 0.0697. The molecular weight excluding hydrogens is 484 g/mol. The van der Waals surface area contributed by atoms with E-state index in [9.17, 15) is 9.90 Å². The molecule has 102 valence electrons. The lowest BCUT2D eigenvalue weighted by Gasteiger charge is -1.99. The maximum Gasteiger partial charge on any atom is 0.335 e. The van der Waals surface area contributed by atoms with Crippen LogP contribution in [-0.2, 0) is 0 Å². The molecule has 0 aliphatic rings. The summed E-state index contributed by atoms with van der Waals surface area (Å²) in [5.41, 5.74) is 0.911. The van der Waals surface area contributed by atoms with Crippen LogP contribution in [0.1, 0.15) is 15.9 Å². The van der Waals surface area contributed by atoms with Gasteiger partial charge in [0, 0.05) is 0 Å². The average molecular weight is 493 g/mol. The molecule has 0 aromatic heterocycles. The van der Waals surface area contributed by atoms with Crippen LogP contribution in [0.4, 0.5) is 0 Å². The molecule has 6 heteroatoms. The molecular formula is C14H9I2NO3. The van der Waals surface area contributed by atoms with Crippen molar-refractivity contribution in [2.24, 2.45) is 0 Å². The van der Waals surface area contributed by atoms with Gasteiger partial charge in [0.25, 0.3) is 0 Å². The number of carbonyl (C=O) groups is 1. The molecule has 0 amide bonds. The van der Waals surface area contributed by atoms with Crippen LogP contribution in [-0.4, -0.2) is 16.2 Å². The van der Waals surface area contributed by atoms with E-state index in [2.05, 4.69) is 0 Å². The number of carboxylic acid groups (broad SMARTS) is 1. The van der Waals surface area contributed by atoms with E-state index in [4.69, 9.17) is 10.4 Å². The van der Waals surface area contributed by atoms with Crippen molar-refractivity contribution in [1.29, 1.82) is 5.26 Å². The molecule has 0 spiro atoms. The Kier molecular flexibility index (Phi) is 6.74. The fraction of sp³-hybridized carbons (Fsp3) is 0. The first kappa shape index (κ1) is 16.7. The van der Waals surface area contributed by atoms with Crippen molar-refractivity contribution >= 4 is 51.2 Å². The largest absolute Gasteiger partial charge is 0.506 e. The number of halogens is 2. The molecule has 0 saturated heterocycles.